The highest BCUT2D eigenvalue weighted by Gasteiger charge is 2.22. The highest BCUT2D eigenvalue weighted by molar-refractivity contribution is 6.32. The summed E-state index contributed by atoms with van der Waals surface area (Å²) in [6.07, 6.45) is 3.55. The van der Waals surface area contributed by atoms with Crippen LogP contribution in [0.4, 0.5) is 5.82 Å². The van der Waals surface area contributed by atoms with Gasteiger partial charge in [0.15, 0.2) is 5.82 Å². The van der Waals surface area contributed by atoms with Gasteiger partial charge in [0.2, 0.25) is 0 Å². The highest BCUT2D eigenvalue weighted by Crippen LogP contribution is 2.24. The second kappa shape index (κ2) is 3.47. The quantitative estimate of drug-likeness (QED) is 0.724. The maximum Gasteiger partial charge on any atom is 0.150 e. The second-order valence-corrected chi connectivity index (χ2v) is 3.49. The van der Waals surface area contributed by atoms with E-state index in [1.165, 1.54) is 6.33 Å². The van der Waals surface area contributed by atoms with Gasteiger partial charge in [-0.15, -0.1) is 0 Å². The number of aliphatic hydroxyl groups is 1. The lowest BCUT2D eigenvalue weighted by molar-refractivity contribution is 0.198. The van der Waals surface area contributed by atoms with Gasteiger partial charge in [-0.3, -0.25) is 0 Å². The molecule has 0 aliphatic carbocycles. The van der Waals surface area contributed by atoms with Crippen molar-refractivity contribution in [2.45, 2.75) is 12.5 Å². The van der Waals surface area contributed by atoms with Crippen LogP contribution in [0.5, 0.6) is 0 Å². The zero-order chi connectivity index (χ0) is 9.26. The molecular weight excluding hydrogens is 190 g/mol. The Hall–Kier alpha value is -0.870. The number of hydrogen-bond donors (Lipinski definition) is 1. The van der Waals surface area contributed by atoms with Gasteiger partial charge < -0.3 is 10.0 Å². The summed E-state index contributed by atoms with van der Waals surface area (Å²) in [5, 5.41) is 9.86. The lowest BCUT2D eigenvalue weighted by atomic mass is 10.3. The monoisotopic (exact) mass is 199 g/mol. The molecule has 70 valence electrons. The Morgan fingerprint density at radius 2 is 2.46 bits per heavy atom. The Labute approximate surface area is 81.2 Å². The number of anilines is 1. The summed E-state index contributed by atoms with van der Waals surface area (Å²) in [5.74, 6) is 0.716. The van der Waals surface area contributed by atoms with Crippen molar-refractivity contribution in [2.24, 2.45) is 0 Å². The van der Waals surface area contributed by atoms with E-state index in [0.717, 1.165) is 13.0 Å². The lowest BCUT2D eigenvalue weighted by Crippen LogP contribution is -2.22. The van der Waals surface area contributed by atoms with E-state index in [4.69, 9.17) is 11.6 Å². The fraction of sp³-hybridized carbons (Fsp3) is 0.500. The Morgan fingerprint density at radius 1 is 1.62 bits per heavy atom. The van der Waals surface area contributed by atoms with Crippen LogP contribution in [0, 0.1) is 0 Å². The number of rotatable bonds is 1. The third-order valence-electron chi connectivity index (χ3n) is 2.11. The largest absolute Gasteiger partial charge is 0.391 e. The number of halogens is 1. The molecule has 0 radical (unpaired) electrons. The maximum absolute atomic E-state index is 9.32. The average molecular weight is 200 g/mol. The van der Waals surface area contributed by atoms with Crippen LogP contribution in [0.3, 0.4) is 0 Å². The van der Waals surface area contributed by atoms with Crippen molar-refractivity contribution in [3.63, 3.8) is 0 Å². The van der Waals surface area contributed by atoms with Crippen molar-refractivity contribution in [1.29, 1.82) is 0 Å². The SMILES string of the molecule is OC1CCN(c2ncncc2Cl)C1. The van der Waals surface area contributed by atoms with E-state index < -0.39 is 0 Å². The summed E-state index contributed by atoms with van der Waals surface area (Å²) in [4.78, 5) is 9.84. The van der Waals surface area contributed by atoms with Crippen molar-refractivity contribution in [3.8, 4) is 0 Å². The zero-order valence-corrected chi connectivity index (χ0v) is 7.78. The molecule has 1 fully saturated rings. The van der Waals surface area contributed by atoms with Crippen molar-refractivity contribution in [2.75, 3.05) is 18.0 Å². The molecule has 0 bridgehead atoms. The number of nitrogens with zero attached hydrogens (tertiary/aromatic N) is 3. The molecule has 0 aromatic carbocycles. The summed E-state index contributed by atoms with van der Waals surface area (Å²) in [7, 11) is 0. The van der Waals surface area contributed by atoms with Gasteiger partial charge in [0.25, 0.3) is 0 Å². The third kappa shape index (κ3) is 1.73. The smallest absolute Gasteiger partial charge is 0.150 e. The third-order valence-corrected chi connectivity index (χ3v) is 2.38. The van der Waals surface area contributed by atoms with Gasteiger partial charge in [-0.2, -0.15) is 0 Å². The molecule has 0 saturated carbocycles. The Morgan fingerprint density at radius 3 is 3.08 bits per heavy atom. The van der Waals surface area contributed by atoms with Crippen LogP contribution < -0.4 is 4.90 Å². The molecule has 1 aromatic heterocycles. The van der Waals surface area contributed by atoms with Gasteiger partial charge in [0.1, 0.15) is 11.3 Å². The normalized spacial score (nSPS) is 22.3. The van der Waals surface area contributed by atoms with Crippen LogP contribution in [-0.4, -0.2) is 34.3 Å². The number of aliphatic hydroxyl groups excluding tert-OH is 1. The van der Waals surface area contributed by atoms with Gasteiger partial charge in [-0.05, 0) is 6.42 Å². The first-order valence-corrected chi connectivity index (χ1v) is 4.53. The van der Waals surface area contributed by atoms with E-state index in [-0.39, 0.29) is 6.10 Å². The van der Waals surface area contributed by atoms with Crippen LogP contribution in [0.25, 0.3) is 0 Å². The van der Waals surface area contributed by atoms with Gasteiger partial charge in [-0.25, -0.2) is 9.97 Å². The second-order valence-electron chi connectivity index (χ2n) is 3.08. The van der Waals surface area contributed by atoms with Crippen molar-refractivity contribution in [3.05, 3.63) is 17.5 Å². The predicted molar refractivity (Wildman–Crippen MR) is 49.9 cm³/mol. The maximum atomic E-state index is 9.32. The van der Waals surface area contributed by atoms with E-state index in [1.54, 1.807) is 6.20 Å². The number of aromatic nitrogens is 2. The summed E-state index contributed by atoms with van der Waals surface area (Å²) in [6, 6.07) is 0. The predicted octanol–water partition coefficient (Wildman–Crippen LogP) is 0.701. The lowest BCUT2D eigenvalue weighted by Gasteiger charge is -2.16. The van der Waals surface area contributed by atoms with E-state index in [9.17, 15) is 5.11 Å². The molecule has 5 heteroatoms. The van der Waals surface area contributed by atoms with Crippen LogP contribution in [0.2, 0.25) is 5.02 Å². The fourth-order valence-corrected chi connectivity index (χ4v) is 1.70. The van der Waals surface area contributed by atoms with Crippen LogP contribution in [0.1, 0.15) is 6.42 Å². The molecule has 1 unspecified atom stereocenters. The number of hydrogen-bond acceptors (Lipinski definition) is 4. The fourth-order valence-electron chi connectivity index (χ4n) is 1.47. The van der Waals surface area contributed by atoms with E-state index in [2.05, 4.69) is 9.97 Å². The van der Waals surface area contributed by atoms with Crippen molar-refractivity contribution in [1.82, 2.24) is 9.97 Å². The molecule has 1 aliphatic rings. The van der Waals surface area contributed by atoms with Gasteiger partial charge in [0, 0.05) is 13.1 Å². The van der Waals surface area contributed by atoms with Gasteiger partial charge >= 0.3 is 0 Å². The standard InChI is InChI=1S/C8H10ClN3O/c9-7-3-10-5-11-8(7)12-2-1-6(13)4-12/h3,5-6,13H,1-2,4H2. The molecule has 13 heavy (non-hydrogen) atoms. The molecule has 2 rings (SSSR count). The molecule has 1 N–H and O–H groups in total. The van der Waals surface area contributed by atoms with E-state index >= 15 is 0 Å². The topological polar surface area (TPSA) is 49.2 Å². The van der Waals surface area contributed by atoms with Gasteiger partial charge in [0.05, 0.1) is 12.3 Å². The Bertz CT molecular complexity index is 307. The Kier molecular flexibility index (Phi) is 2.33. The summed E-state index contributed by atoms with van der Waals surface area (Å²) in [5.41, 5.74) is 0. The molecular formula is C8H10ClN3O. The van der Waals surface area contributed by atoms with Crippen LogP contribution in [-0.2, 0) is 0 Å². The number of β-amino-alcohol motifs (C(OH)–C–C–N with tert-alkyl or cyclic N) is 1. The Balaban J connectivity index is 2.21. The van der Waals surface area contributed by atoms with E-state index in [1.807, 2.05) is 4.90 Å². The first kappa shape index (κ1) is 8.72. The first-order valence-electron chi connectivity index (χ1n) is 4.16. The minimum Gasteiger partial charge on any atom is -0.391 e. The summed E-state index contributed by atoms with van der Waals surface area (Å²) in [6.45, 7) is 1.41. The molecule has 1 aliphatic heterocycles. The molecule has 1 saturated heterocycles. The summed E-state index contributed by atoms with van der Waals surface area (Å²) < 4.78 is 0. The first-order chi connectivity index (χ1) is 6.27. The van der Waals surface area contributed by atoms with E-state index in [0.29, 0.717) is 17.4 Å². The van der Waals surface area contributed by atoms with Crippen molar-refractivity contribution < 1.29 is 5.11 Å². The molecule has 1 atom stereocenters. The molecule has 1 aromatic rings. The molecule has 2 heterocycles. The summed E-state index contributed by atoms with van der Waals surface area (Å²) >= 11 is 5.90. The molecule has 0 spiro atoms. The molecule has 0 amide bonds. The minimum atomic E-state index is -0.258. The highest BCUT2D eigenvalue weighted by atomic mass is 35.5. The average Bonchev–Trinajstić information content (AvgIpc) is 2.53. The minimum absolute atomic E-state index is 0.258. The zero-order valence-electron chi connectivity index (χ0n) is 7.02. The van der Waals surface area contributed by atoms with Crippen molar-refractivity contribution >= 4 is 17.4 Å². The van der Waals surface area contributed by atoms with Crippen LogP contribution in [0.15, 0.2) is 12.5 Å². The van der Waals surface area contributed by atoms with Crippen LogP contribution >= 0.6 is 11.6 Å². The van der Waals surface area contributed by atoms with Gasteiger partial charge in [-0.1, -0.05) is 11.6 Å². The molecule has 4 nitrogen and oxygen atoms in total.